The monoisotopic (exact) mass is 262 g/mol. The summed E-state index contributed by atoms with van der Waals surface area (Å²) >= 11 is 0. The zero-order valence-corrected chi connectivity index (χ0v) is 12.4. The first-order valence-electron chi connectivity index (χ1n) is 7.25. The van der Waals surface area contributed by atoms with E-state index in [9.17, 15) is 0 Å². The van der Waals surface area contributed by atoms with Crippen molar-refractivity contribution in [3.8, 4) is 0 Å². The van der Waals surface area contributed by atoms with Gasteiger partial charge >= 0.3 is 0 Å². The molecule has 0 saturated heterocycles. The smallest absolute Gasteiger partial charge is 0.230 e. The van der Waals surface area contributed by atoms with E-state index in [1.54, 1.807) is 6.92 Å². The molecular weight excluding hydrogens is 232 g/mol. The van der Waals surface area contributed by atoms with Gasteiger partial charge in [-0.25, -0.2) is 15.0 Å². The van der Waals surface area contributed by atoms with Crippen molar-refractivity contribution in [2.45, 2.75) is 91.0 Å². The Morgan fingerprint density at radius 1 is 1.06 bits per heavy atom. The van der Waals surface area contributed by atoms with Gasteiger partial charge in [0.25, 0.3) is 0 Å². The van der Waals surface area contributed by atoms with Crippen molar-refractivity contribution in [3.05, 3.63) is 0 Å². The summed E-state index contributed by atoms with van der Waals surface area (Å²) in [6.07, 6.45) is 8.63. The van der Waals surface area contributed by atoms with Gasteiger partial charge in [-0.3, -0.25) is 0 Å². The van der Waals surface area contributed by atoms with Crippen LogP contribution in [0.3, 0.4) is 0 Å². The molecular formula is C14H30O4. The van der Waals surface area contributed by atoms with Crippen molar-refractivity contribution in [3.63, 3.8) is 0 Å². The molecule has 0 saturated carbocycles. The molecule has 18 heavy (non-hydrogen) atoms. The maximum absolute atomic E-state index is 8.91. The van der Waals surface area contributed by atoms with Gasteiger partial charge in [-0.2, -0.15) is 4.89 Å². The fraction of sp³-hybridized carbons (Fsp3) is 1.00. The van der Waals surface area contributed by atoms with Crippen molar-refractivity contribution in [2.75, 3.05) is 0 Å². The maximum atomic E-state index is 8.91. The van der Waals surface area contributed by atoms with Crippen molar-refractivity contribution in [1.82, 2.24) is 0 Å². The second-order valence-electron chi connectivity index (χ2n) is 5.14. The Labute approximate surface area is 111 Å². The molecule has 4 heteroatoms. The predicted molar refractivity (Wildman–Crippen MR) is 72.0 cm³/mol. The molecule has 2 unspecified atom stereocenters. The molecule has 0 aliphatic heterocycles. The molecule has 110 valence electrons. The SMILES string of the molecule is CCCCCCCCC(C)(OO)OOC(C)CC. The minimum Gasteiger partial charge on any atom is -0.249 e. The lowest BCUT2D eigenvalue weighted by Crippen LogP contribution is -2.32. The van der Waals surface area contributed by atoms with E-state index < -0.39 is 5.79 Å². The highest BCUT2D eigenvalue weighted by atomic mass is 17.3. The van der Waals surface area contributed by atoms with E-state index in [4.69, 9.17) is 15.0 Å². The van der Waals surface area contributed by atoms with E-state index in [1.165, 1.54) is 25.7 Å². The van der Waals surface area contributed by atoms with Gasteiger partial charge in [0.05, 0.1) is 6.10 Å². The van der Waals surface area contributed by atoms with Gasteiger partial charge in [0.1, 0.15) is 0 Å². The lowest BCUT2D eigenvalue weighted by Gasteiger charge is -2.25. The van der Waals surface area contributed by atoms with Crippen LogP contribution in [0.1, 0.15) is 79.1 Å². The Morgan fingerprint density at radius 2 is 1.67 bits per heavy atom. The molecule has 0 amide bonds. The van der Waals surface area contributed by atoms with Crippen molar-refractivity contribution >= 4 is 0 Å². The van der Waals surface area contributed by atoms with E-state index >= 15 is 0 Å². The summed E-state index contributed by atoms with van der Waals surface area (Å²) in [7, 11) is 0. The summed E-state index contributed by atoms with van der Waals surface area (Å²) in [4.78, 5) is 14.8. The van der Waals surface area contributed by atoms with E-state index in [2.05, 4.69) is 11.8 Å². The highest BCUT2D eigenvalue weighted by Gasteiger charge is 2.28. The van der Waals surface area contributed by atoms with Gasteiger partial charge in [0, 0.05) is 6.42 Å². The minimum atomic E-state index is -1.05. The highest BCUT2D eigenvalue weighted by Crippen LogP contribution is 2.22. The number of hydrogen-bond acceptors (Lipinski definition) is 4. The number of rotatable bonds is 12. The van der Waals surface area contributed by atoms with Crippen LogP contribution in [0.15, 0.2) is 0 Å². The van der Waals surface area contributed by atoms with Crippen LogP contribution in [0.5, 0.6) is 0 Å². The van der Waals surface area contributed by atoms with Gasteiger partial charge in [-0.1, -0.05) is 46.0 Å². The van der Waals surface area contributed by atoms with Crippen LogP contribution in [-0.2, 0) is 14.7 Å². The molecule has 0 aliphatic carbocycles. The molecule has 0 aromatic heterocycles. The fourth-order valence-corrected chi connectivity index (χ4v) is 1.58. The predicted octanol–water partition coefficient (Wildman–Crippen LogP) is 4.69. The van der Waals surface area contributed by atoms with Crippen LogP contribution in [-0.4, -0.2) is 17.1 Å². The second-order valence-corrected chi connectivity index (χ2v) is 5.14. The average Bonchev–Trinajstić information content (AvgIpc) is 2.40. The Bertz CT molecular complexity index is 187. The quantitative estimate of drug-likeness (QED) is 0.240. The van der Waals surface area contributed by atoms with Gasteiger partial charge in [0.15, 0.2) is 0 Å². The molecule has 4 nitrogen and oxygen atoms in total. The first kappa shape index (κ1) is 17.8. The van der Waals surface area contributed by atoms with Crippen LogP contribution < -0.4 is 0 Å². The average molecular weight is 262 g/mol. The Hall–Kier alpha value is -0.160. The van der Waals surface area contributed by atoms with E-state index in [0.29, 0.717) is 6.42 Å². The molecule has 1 N–H and O–H groups in total. The zero-order chi connectivity index (χ0) is 13.9. The largest absolute Gasteiger partial charge is 0.249 e. The van der Waals surface area contributed by atoms with Gasteiger partial charge in [-0.15, -0.1) is 0 Å². The van der Waals surface area contributed by atoms with Crippen LogP contribution in [0, 0.1) is 0 Å². The fourth-order valence-electron chi connectivity index (χ4n) is 1.58. The van der Waals surface area contributed by atoms with Crippen molar-refractivity contribution in [2.24, 2.45) is 0 Å². The summed E-state index contributed by atoms with van der Waals surface area (Å²) < 4.78 is 0. The molecule has 0 heterocycles. The molecule has 0 aromatic rings. The summed E-state index contributed by atoms with van der Waals surface area (Å²) in [6.45, 7) is 7.83. The highest BCUT2D eigenvalue weighted by molar-refractivity contribution is 4.60. The lowest BCUT2D eigenvalue weighted by atomic mass is 10.1. The summed E-state index contributed by atoms with van der Waals surface area (Å²) in [5, 5.41) is 8.91. The topological polar surface area (TPSA) is 47.9 Å². The van der Waals surface area contributed by atoms with Crippen LogP contribution in [0.2, 0.25) is 0 Å². The lowest BCUT2D eigenvalue weighted by molar-refractivity contribution is -0.504. The maximum Gasteiger partial charge on any atom is 0.230 e. The van der Waals surface area contributed by atoms with Gasteiger partial charge in [0.2, 0.25) is 5.79 Å². The van der Waals surface area contributed by atoms with E-state index in [0.717, 1.165) is 19.3 Å². The third kappa shape index (κ3) is 8.86. The molecule has 0 rings (SSSR count). The van der Waals surface area contributed by atoms with Crippen molar-refractivity contribution in [1.29, 1.82) is 0 Å². The first-order chi connectivity index (χ1) is 8.58. The molecule has 2 atom stereocenters. The molecule has 0 fully saturated rings. The van der Waals surface area contributed by atoms with Gasteiger partial charge < -0.3 is 0 Å². The standard InChI is InChI=1S/C14H30O4/c1-5-7-8-9-10-11-12-14(4,17-15)18-16-13(3)6-2/h13,15H,5-12H2,1-4H3. The summed E-state index contributed by atoms with van der Waals surface area (Å²) in [6, 6.07) is 0. The molecule has 0 aliphatic rings. The molecule has 0 aromatic carbocycles. The third-order valence-electron chi connectivity index (χ3n) is 3.14. The van der Waals surface area contributed by atoms with Crippen molar-refractivity contribution < 1.29 is 19.9 Å². The first-order valence-corrected chi connectivity index (χ1v) is 7.25. The zero-order valence-electron chi connectivity index (χ0n) is 12.4. The Kier molecular flexibility index (Phi) is 10.6. The van der Waals surface area contributed by atoms with Crippen LogP contribution in [0.25, 0.3) is 0 Å². The number of unbranched alkanes of at least 4 members (excludes halogenated alkanes) is 5. The van der Waals surface area contributed by atoms with Crippen LogP contribution >= 0.6 is 0 Å². The molecule has 0 radical (unpaired) electrons. The molecule has 0 bridgehead atoms. The Balaban J connectivity index is 3.71. The third-order valence-corrected chi connectivity index (χ3v) is 3.14. The Morgan fingerprint density at radius 3 is 2.22 bits per heavy atom. The summed E-state index contributed by atoms with van der Waals surface area (Å²) in [5.74, 6) is -1.05. The summed E-state index contributed by atoms with van der Waals surface area (Å²) in [5.41, 5.74) is 0. The minimum absolute atomic E-state index is 0.00373. The number of hydrogen-bond donors (Lipinski definition) is 1. The van der Waals surface area contributed by atoms with Gasteiger partial charge in [-0.05, 0) is 26.7 Å². The molecule has 0 spiro atoms. The second kappa shape index (κ2) is 10.7. The normalized spacial score (nSPS) is 16.5. The van der Waals surface area contributed by atoms with Crippen LogP contribution in [0.4, 0.5) is 0 Å². The van der Waals surface area contributed by atoms with E-state index in [1.807, 2.05) is 13.8 Å². The van der Waals surface area contributed by atoms with E-state index in [-0.39, 0.29) is 6.10 Å².